The molecule has 2 heterocycles. The second kappa shape index (κ2) is 6.30. The zero-order valence-electron chi connectivity index (χ0n) is 15.2. The normalized spacial score (nSPS) is 30.5. The molecule has 0 aromatic heterocycles. The van der Waals surface area contributed by atoms with Crippen LogP contribution in [0.4, 0.5) is 0 Å². The van der Waals surface area contributed by atoms with E-state index in [1.54, 1.807) is 6.92 Å². The van der Waals surface area contributed by atoms with Gasteiger partial charge in [-0.25, -0.2) is 9.59 Å². The number of aliphatic carboxylic acids is 1. The van der Waals surface area contributed by atoms with Crippen molar-refractivity contribution in [2.45, 2.75) is 52.9 Å². The molecule has 1 fully saturated rings. The summed E-state index contributed by atoms with van der Waals surface area (Å²) in [5, 5.41) is 9.65. The molecule has 3 atom stereocenters. The number of rotatable bonds is 4. The molecule has 0 amide bonds. The van der Waals surface area contributed by atoms with E-state index in [1.165, 1.54) is 6.08 Å². The molecule has 3 unspecified atom stereocenters. The maximum Gasteiger partial charge on any atom is 0.336 e. The van der Waals surface area contributed by atoms with E-state index < -0.39 is 30.3 Å². The van der Waals surface area contributed by atoms with Gasteiger partial charge in [-0.05, 0) is 31.3 Å². The lowest BCUT2D eigenvalue weighted by Crippen LogP contribution is -2.40. The number of carboxylic acids is 1. The Balaban J connectivity index is 1.86. The van der Waals surface area contributed by atoms with Crippen LogP contribution < -0.4 is 0 Å². The second-order valence-corrected chi connectivity index (χ2v) is 7.61. The number of fused-ring (bicyclic) bond motifs is 1. The smallest absolute Gasteiger partial charge is 0.336 e. The van der Waals surface area contributed by atoms with Crippen LogP contribution in [-0.4, -0.2) is 35.4 Å². The van der Waals surface area contributed by atoms with Crippen molar-refractivity contribution >= 4 is 17.9 Å². The highest BCUT2D eigenvalue weighted by Crippen LogP contribution is 2.50. The van der Waals surface area contributed by atoms with Crippen molar-refractivity contribution < 1.29 is 33.7 Å². The van der Waals surface area contributed by atoms with Gasteiger partial charge in [0, 0.05) is 17.6 Å². The number of carbonyl (C=O) groups is 3. The average molecular weight is 362 g/mol. The molecule has 3 aliphatic rings. The van der Waals surface area contributed by atoms with Crippen LogP contribution in [0.5, 0.6) is 0 Å². The lowest BCUT2D eigenvalue weighted by atomic mass is 9.75. The third-order valence-electron chi connectivity index (χ3n) is 5.12. The van der Waals surface area contributed by atoms with Crippen LogP contribution in [0.1, 0.15) is 40.5 Å². The summed E-state index contributed by atoms with van der Waals surface area (Å²) < 4.78 is 15.8. The van der Waals surface area contributed by atoms with Crippen molar-refractivity contribution in [3.8, 4) is 0 Å². The van der Waals surface area contributed by atoms with Crippen LogP contribution in [0, 0.1) is 11.3 Å². The monoisotopic (exact) mass is 362 g/mol. The quantitative estimate of drug-likeness (QED) is 0.355. The van der Waals surface area contributed by atoms with E-state index in [0.29, 0.717) is 12.0 Å². The predicted octanol–water partition coefficient (Wildman–Crippen LogP) is 2.48. The van der Waals surface area contributed by atoms with Crippen LogP contribution in [0.3, 0.4) is 0 Å². The van der Waals surface area contributed by atoms with E-state index >= 15 is 0 Å². The summed E-state index contributed by atoms with van der Waals surface area (Å²) in [6.45, 7) is 7.46. The molecule has 140 valence electrons. The minimum atomic E-state index is -1.16. The fraction of sp³-hybridized carbons (Fsp3) is 0.526. The molecular weight excluding hydrogens is 340 g/mol. The van der Waals surface area contributed by atoms with Crippen LogP contribution >= 0.6 is 0 Å². The summed E-state index contributed by atoms with van der Waals surface area (Å²) in [5.41, 5.74) is 2.04. The standard InChI is InChI=1S/C19H22O7/c1-9-5-11(16-15(9)19(3,4)7-13(20)25-16)12(17(21)22)8-24-14-6-10(2)18(23)26-14/h6,8,11,14,16H,5,7H2,1-4H3,(H,21,22)/b12-8+. The lowest BCUT2D eigenvalue weighted by molar-refractivity contribution is -0.157. The van der Waals surface area contributed by atoms with E-state index in [9.17, 15) is 19.5 Å². The number of carbonyl (C=O) groups excluding carboxylic acids is 2. The van der Waals surface area contributed by atoms with Gasteiger partial charge in [0.15, 0.2) is 0 Å². The summed E-state index contributed by atoms with van der Waals surface area (Å²) in [6, 6.07) is 0. The van der Waals surface area contributed by atoms with E-state index in [0.717, 1.165) is 17.4 Å². The second-order valence-electron chi connectivity index (χ2n) is 7.61. The molecule has 3 rings (SSSR count). The maximum absolute atomic E-state index is 12.0. The third kappa shape index (κ3) is 3.13. The molecule has 0 saturated carbocycles. The SMILES string of the molecule is CC1=CC(O/C=C(/C(=O)O)C2CC(C)=C3C2OC(=O)CC3(C)C)OC1=O. The zero-order chi connectivity index (χ0) is 19.2. The van der Waals surface area contributed by atoms with Gasteiger partial charge < -0.3 is 19.3 Å². The van der Waals surface area contributed by atoms with Crippen molar-refractivity contribution in [2.75, 3.05) is 0 Å². The van der Waals surface area contributed by atoms with Gasteiger partial charge in [0.05, 0.1) is 18.3 Å². The maximum atomic E-state index is 12.0. The number of ether oxygens (including phenoxy) is 3. The fourth-order valence-corrected chi connectivity index (χ4v) is 4.02. The van der Waals surface area contributed by atoms with Crippen LogP contribution in [0.15, 0.2) is 34.6 Å². The van der Waals surface area contributed by atoms with Crippen molar-refractivity contribution in [1.29, 1.82) is 0 Å². The Morgan fingerprint density at radius 3 is 2.58 bits per heavy atom. The highest BCUT2D eigenvalue weighted by molar-refractivity contribution is 5.90. The Kier molecular flexibility index (Phi) is 4.42. The molecule has 1 saturated heterocycles. The Bertz CT molecular complexity index is 769. The first-order valence-corrected chi connectivity index (χ1v) is 8.48. The molecule has 2 aliphatic heterocycles. The number of esters is 2. The number of cyclic esters (lactones) is 1. The number of hydrogen-bond acceptors (Lipinski definition) is 6. The molecule has 1 aliphatic carbocycles. The minimum Gasteiger partial charge on any atom is -0.478 e. The fourth-order valence-electron chi connectivity index (χ4n) is 4.02. The first-order chi connectivity index (χ1) is 12.1. The van der Waals surface area contributed by atoms with Gasteiger partial charge >= 0.3 is 17.9 Å². The molecule has 0 aromatic carbocycles. The molecule has 0 bridgehead atoms. The largest absolute Gasteiger partial charge is 0.478 e. The molecular formula is C19H22O7. The summed E-state index contributed by atoms with van der Waals surface area (Å²) in [6.07, 6.45) is 1.76. The Labute approximate surface area is 151 Å². The van der Waals surface area contributed by atoms with Gasteiger partial charge in [-0.3, -0.25) is 4.79 Å². The van der Waals surface area contributed by atoms with E-state index in [-0.39, 0.29) is 23.4 Å². The minimum absolute atomic E-state index is 0.0103. The molecule has 0 aromatic rings. The third-order valence-corrected chi connectivity index (χ3v) is 5.12. The van der Waals surface area contributed by atoms with Crippen LogP contribution in [0.25, 0.3) is 0 Å². The van der Waals surface area contributed by atoms with Gasteiger partial charge in [0.25, 0.3) is 6.29 Å². The molecule has 7 heteroatoms. The van der Waals surface area contributed by atoms with E-state index in [2.05, 4.69) is 0 Å². The zero-order valence-corrected chi connectivity index (χ0v) is 15.2. The highest BCUT2D eigenvalue weighted by atomic mass is 16.7. The molecule has 0 radical (unpaired) electrons. The summed E-state index contributed by atoms with van der Waals surface area (Å²) in [5.74, 6) is -2.53. The first-order valence-electron chi connectivity index (χ1n) is 8.48. The van der Waals surface area contributed by atoms with Crippen molar-refractivity contribution in [3.05, 3.63) is 34.6 Å². The summed E-state index contributed by atoms with van der Waals surface area (Å²) in [7, 11) is 0. The Morgan fingerprint density at radius 2 is 2.00 bits per heavy atom. The molecule has 1 N–H and O–H groups in total. The van der Waals surface area contributed by atoms with Crippen LogP contribution in [-0.2, 0) is 28.6 Å². The van der Waals surface area contributed by atoms with Gasteiger partial charge in [-0.15, -0.1) is 0 Å². The first kappa shape index (κ1) is 18.2. The number of hydrogen-bond donors (Lipinski definition) is 1. The Hall–Kier alpha value is -2.57. The van der Waals surface area contributed by atoms with Crippen molar-refractivity contribution in [1.82, 2.24) is 0 Å². The van der Waals surface area contributed by atoms with Gasteiger partial charge in [0.1, 0.15) is 6.10 Å². The average Bonchev–Trinajstić information content (AvgIpc) is 2.99. The lowest BCUT2D eigenvalue weighted by Gasteiger charge is -2.37. The van der Waals surface area contributed by atoms with Gasteiger partial charge in [-0.1, -0.05) is 19.4 Å². The van der Waals surface area contributed by atoms with E-state index in [1.807, 2.05) is 20.8 Å². The van der Waals surface area contributed by atoms with E-state index in [4.69, 9.17) is 14.2 Å². The predicted molar refractivity (Wildman–Crippen MR) is 89.5 cm³/mol. The summed E-state index contributed by atoms with van der Waals surface area (Å²) >= 11 is 0. The Morgan fingerprint density at radius 1 is 1.31 bits per heavy atom. The number of carboxylic acid groups (broad SMARTS) is 1. The van der Waals surface area contributed by atoms with Gasteiger partial charge in [-0.2, -0.15) is 0 Å². The molecule has 0 spiro atoms. The highest BCUT2D eigenvalue weighted by Gasteiger charge is 2.49. The van der Waals surface area contributed by atoms with Crippen LogP contribution in [0.2, 0.25) is 0 Å². The van der Waals surface area contributed by atoms with Crippen molar-refractivity contribution in [2.24, 2.45) is 11.3 Å². The topological polar surface area (TPSA) is 99.1 Å². The number of allylic oxidation sites excluding steroid dienone is 1. The van der Waals surface area contributed by atoms with Gasteiger partial charge in [0.2, 0.25) is 0 Å². The van der Waals surface area contributed by atoms with Crippen molar-refractivity contribution in [3.63, 3.8) is 0 Å². The molecule has 7 nitrogen and oxygen atoms in total. The summed E-state index contributed by atoms with van der Waals surface area (Å²) in [4.78, 5) is 35.2. The molecule has 26 heavy (non-hydrogen) atoms.